The first-order valence-electron chi connectivity index (χ1n) is 2.80. The van der Waals surface area contributed by atoms with E-state index >= 15 is 0 Å². The summed E-state index contributed by atoms with van der Waals surface area (Å²) in [5, 5.41) is 11.1. The van der Waals surface area contributed by atoms with Crippen molar-refractivity contribution < 1.29 is 5.21 Å². The number of hydrogen-bond donors (Lipinski definition) is 2. The molecule has 0 aliphatic carbocycles. The minimum absolute atomic E-state index is 0.806. The van der Waals surface area contributed by atoms with Crippen molar-refractivity contribution in [1.82, 2.24) is 0 Å². The maximum atomic E-state index is 8.18. The van der Waals surface area contributed by atoms with Gasteiger partial charge in [0.15, 0.2) is 0 Å². The average molecular weight is 153 g/mol. The summed E-state index contributed by atoms with van der Waals surface area (Å²) >= 11 is 4.13. The van der Waals surface area contributed by atoms with Crippen LogP contribution in [0.4, 0.5) is 0 Å². The number of rotatable bonds is 1. The van der Waals surface area contributed by atoms with Crippen LogP contribution in [0.2, 0.25) is 0 Å². The SMILES string of the molecule is ON=Cc1ccccc1S. The molecule has 0 fully saturated rings. The van der Waals surface area contributed by atoms with Gasteiger partial charge in [0.05, 0.1) is 6.21 Å². The Morgan fingerprint density at radius 1 is 1.40 bits per heavy atom. The standard InChI is InChI=1S/C7H7NOS/c9-8-5-6-3-1-2-4-7(6)10/h1-5,9-10H. The topological polar surface area (TPSA) is 32.6 Å². The molecule has 10 heavy (non-hydrogen) atoms. The summed E-state index contributed by atoms with van der Waals surface area (Å²) in [6.45, 7) is 0. The molecule has 0 radical (unpaired) electrons. The maximum Gasteiger partial charge on any atom is 0.0744 e. The molecule has 0 aromatic heterocycles. The Hall–Kier alpha value is -0.960. The van der Waals surface area contributed by atoms with Crippen molar-refractivity contribution >= 4 is 18.8 Å². The van der Waals surface area contributed by atoms with Gasteiger partial charge in [-0.25, -0.2) is 0 Å². The van der Waals surface area contributed by atoms with Crippen molar-refractivity contribution in [3.05, 3.63) is 29.8 Å². The summed E-state index contributed by atoms with van der Waals surface area (Å²) in [4.78, 5) is 0.806. The first-order valence-corrected chi connectivity index (χ1v) is 3.25. The van der Waals surface area contributed by atoms with E-state index in [1.165, 1.54) is 6.21 Å². The van der Waals surface area contributed by atoms with Gasteiger partial charge >= 0.3 is 0 Å². The highest BCUT2D eigenvalue weighted by Gasteiger charge is 1.90. The molecule has 3 heteroatoms. The molecule has 2 nitrogen and oxygen atoms in total. The van der Waals surface area contributed by atoms with E-state index in [0.29, 0.717) is 0 Å². The highest BCUT2D eigenvalue weighted by atomic mass is 32.1. The van der Waals surface area contributed by atoms with E-state index in [1.54, 1.807) is 0 Å². The minimum Gasteiger partial charge on any atom is -0.411 e. The number of benzene rings is 1. The number of oxime groups is 1. The zero-order valence-electron chi connectivity index (χ0n) is 5.23. The fraction of sp³-hybridized carbons (Fsp3) is 0. The summed E-state index contributed by atoms with van der Waals surface area (Å²) in [7, 11) is 0. The van der Waals surface area contributed by atoms with Crippen molar-refractivity contribution in [3.63, 3.8) is 0 Å². The zero-order valence-corrected chi connectivity index (χ0v) is 6.12. The van der Waals surface area contributed by atoms with Gasteiger partial charge in [0, 0.05) is 10.5 Å². The molecular weight excluding hydrogens is 146 g/mol. The minimum atomic E-state index is 0.806. The Kier molecular flexibility index (Phi) is 2.34. The highest BCUT2D eigenvalue weighted by Crippen LogP contribution is 2.09. The van der Waals surface area contributed by atoms with Crippen molar-refractivity contribution in [3.8, 4) is 0 Å². The lowest BCUT2D eigenvalue weighted by Gasteiger charge is -1.93. The van der Waals surface area contributed by atoms with Gasteiger partial charge in [-0.3, -0.25) is 0 Å². The highest BCUT2D eigenvalue weighted by molar-refractivity contribution is 7.80. The molecule has 1 rings (SSSR count). The molecule has 1 aromatic rings. The zero-order chi connectivity index (χ0) is 7.40. The van der Waals surface area contributed by atoms with Crippen LogP contribution in [-0.2, 0) is 0 Å². The smallest absolute Gasteiger partial charge is 0.0744 e. The Labute approximate surface area is 64.6 Å². The summed E-state index contributed by atoms with van der Waals surface area (Å²) < 4.78 is 0. The van der Waals surface area contributed by atoms with Gasteiger partial charge in [-0.05, 0) is 6.07 Å². The molecule has 52 valence electrons. The summed E-state index contributed by atoms with van der Waals surface area (Å²) in [5.74, 6) is 0. The molecule has 0 saturated heterocycles. The van der Waals surface area contributed by atoms with Crippen molar-refractivity contribution in [2.24, 2.45) is 5.16 Å². The third-order valence-electron chi connectivity index (χ3n) is 1.13. The monoisotopic (exact) mass is 153 g/mol. The van der Waals surface area contributed by atoms with Crippen LogP contribution in [0.1, 0.15) is 5.56 Å². The molecular formula is C7H7NOS. The van der Waals surface area contributed by atoms with Gasteiger partial charge in [0.2, 0.25) is 0 Å². The van der Waals surface area contributed by atoms with Crippen LogP contribution in [0, 0.1) is 0 Å². The molecule has 0 aliphatic heterocycles. The fourth-order valence-corrected chi connectivity index (χ4v) is 0.877. The van der Waals surface area contributed by atoms with Crippen LogP contribution in [0.15, 0.2) is 34.3 Å². The predicted octanol–water partition coefficient (Wildman–Crippen LogP) is 1.78. The molecule has 0 unspecified atom stereocenters. The summed E-state index contributed by atoms with van der Waals surface area (Å²) in [6.07, 6.45) is 1.35. The Morgan fingerprint density at radius 2 is 2.10 bits per heavy atom. The van der Waals surface area contributed by atoms with Crippen LogP contribution < -0.4 is 0 Å². The molecule has 0 aliphatic rings. The quantitative estimate of drug-likeness (QED) is 0.274. The van der Waals surface area contributed by atoms with Gasteiger partial charge in [0.25, 0.3) is 0 Å². The van der Waals surface area contributed by atoms with Gasteiger partial charge < -0.3 is 5.21 Å². The lowest BCUT2D eigenvalue weighted by atomic mass is 10.2. The average Bonchev–Trinajstić information content (AvgIpc) is 1.94. The van der Waals surface area contributed by atoms with Crippen LogP contribution >= 0.6 is 12.6 Å². The fourth-order valence-electron chi connectivity index (χ4n) is 0.659. The third kappa shape index (κ3) is 1.51. The summed E-state index contributed by atoms with van der Waals surface area (Å²) in [6, 6.07) is 7.38. The van der Waals surface area contributed by atoms with Crippen LogP contribution in [0.3, 0.4) is 0 Å². The van der Waals surface area contributed by atoms with Gasteiger partial charge in [-0.1, -0.05) is 23.4 Å². The molecule has 0 atom stereocenters. The maximum absolute atomic E-state index is 8.18. The molecule has 0 bridgehead atoms. The van der Waals surface area contributed by atoms with E-state index in [9.17, 15) is 0 Å². The van der Waals surface area contributed by atoms with E-state index in [-0.39, 0.29) is 0 Å². The Bertz CT molecular complexity index is 247. The van der Waals surface area contributed by atoms with Gasteiger partial charge in [0.1, 0.15) is 0 Å². The third-order valence-corrected chi connectivity index (χ3v) is 1.54. The number of nitrogens with zero attached hydrogens (tertiary/aromatic N) is 1. The molecule has 0 heterocycles. The second-order valence-electron chi connectivity index (χ2n) is 1.80. The number of thiol groups is 1. The number of hydrogen-bond acceptors (Lipinski definition) is 3. The second-order valence-corrected chi connectivity index (χ2v) is 2.29. The lowest BCUT2D eigenvalue weighted by Crippen LogP contribution is -1.81. The van der Waals surface area contributed by atoms with Crippen molar-refractivity contribution in [2.75, 3.05) is 0 Å². The second kappa shape index (κ2) is 3.27. The van der Waals surface area contributed by atoms with Crippen LogP contribution in [0.5, 0.6) is 0 Å². The van der Waals surface area contributed by atoms with E-state index in [2.05, 4.69) is 17.8 Å². The van der Waals surface area contributed by atoms with Crippen LogP contribution in [0.25, 0.3) is 0 Å². The molecule has 0 spiro atoms. The first-order chi connectivity index (χ1) is 4.84. The molecule has 1 N–H and O–H groups in total. The van der Waals surface area contributed by atoms with E-state index in [4.69, 9.17) is 5.21 Å². The molecule has 0 amide bonds. The Balaban J connectivity index is 3.03. The first kappa shape index (κ1) is 7.15. The van der Waals surface area contributed by atoms with Crippen molar-refractivity contribution in [1.29, 1.82) is 0 Å². The molecule has 1 aromatic carbocycles. The van der Waals surface area contributed by atoms with Crippen molar-refractivity contribution in [2.45, 2.75) is 4.90 Å². The molecule has 0 saturated carbocycles. The van der Waals surface area contributed by atoms with Crippen LogP contribution in [-0.4, -0.2) is 11.4 Å². The summed E-state index contributed by atoms with van der Waals surface area (Å²) in [5.41, 5.74) is 0.813. The van der Waals surface area contributed by atoms with E-state index in [0.717, 1.165) is 10.5 Å². The normalized spacial score (nSPS) is 10.5. The van der Waals surface area contributed by atoms with Gasteiger partial charge in [-0.2, -0.15) is 0 Å². The lowest BCUT2D eigenvalue weighted by molar-refractivity contribution is 0.322. The van der Waals surface area contributed by atoms with Gasteiger partial charge in [-0.15, -0.1) is 12.6 Å². The Morgan fingerprint density at radius 3 is 2.70 bits per heavy atom. The van der Waals surface area contributed by atoms with E-state index in [1.807, 2.05) is 24.3 Å². The van der Waals surface area contributed by atoms with E-state index < -0.39 is 0 Å². The largest absolute Gasteiger partial charge is 0.411 e. The predicted molar refractivity (Wildman–Crippen MR) is 43.1 cm³/mol.